The Morgan fingerprint density at radius 3 is 2.70 bits per heavy atom. The number of fused-ring (bicyclic) bond motifs is 1. The van der Waals surface area contributed by atoms with Crippen molar-refractivity contribution < 1.29 is 4.79 Å². The molecule has 5 nitrogen and oxygen atoms in total. The van der Waals surface area contributed by atoms with Crippen molar-refractivity contribution in [3.8, 4) is 11.1 Å². The highest BCUT2D eigenvalue weighted by Crippen LogP contribution is 2.31. The van der Waals surface area contributed by atoms with Crippen molar-refractivity contribution in [2.24, 2.45) is 0 Å². The topological polar surface area (TPSA) is 67.8 Å². The summed E-state index contributed by atoms with van der Waals surface area (Å²) in [6.45, 7) is 1.48. The van der Waals surface area contributed by atoms with Gasteiger partial charge in [-0.15, -0.1) is 0 Å². The molecular formula is C15H12N4O. The van der Waals surface area contributed by atoms with Gasteiger partial charge in [0.25, 0.3) is 0 Å². The first-order valence-corrected chi connectivity index (χ1v) is 6.16. The van der Waals surface area contributed by atoms with Gasteiger partial charge in [0.2, 0.25) is 5.91 Å². The van der Waals surface area contributed by atoms with E-state index in [0.717, 1.165) is 22.0 Å². The summed E-state index contributed by atoms with van der Waals surface area (Å²) in [4.78, 5) is 23.7. The molecule has 0 atom stereocenters. The summed E-state index contributed by atoms with van der Waals surface area (Å²) in [6, 6.07) is 7.62. The Bertz CT molecular complexity index is 771. The lowest BCUT2D eigenvalue weighted by molar-refractivity contribution is -0.114. The number of aromatic nitrogens is 3. The van der Waals surface area contributed by atoms with Gasteiger partial charge < -0.3 is 5.32 Å². The fourth-order valence-electron chi connectivity index (χ4n) is 2.15. The number of pyridine rings is 1. The van der Waals surface area contributed by atoms with Crippen molar-refractivity contribution in [1.82, 2.24) is 15.0 Å². The molecule has 0 aliphatic carbocycles. The van der Waals surface area contributed by atoms with Gasteiger partial charge in [-0.3, -0.25) is 9.78 Å². The van der Waals surface area contributed by atoms with Gasteiger partial charge in [0.1, 0.15) is 6.33 Å². The lowest BCUT2D eigenvalue weighted by Crippen LogP contribution is -2.06. The van der Waals surface area contributed by atoms with Gasteiger partial charge in [-0.05, 0) is 17.7 Å². The average Bonchev–Trinajstić information content (AvgIpc) is 2.48. The van der Waals surface area contributed by atoms with E-state index in [2.05, 4.69) is 20.3 Å². The number of hydrogen-bond donors (Lipinski definition) is 1. The summed E-state index contributed by atoms with van der Waals surface area (Å²) in [5, 5.41) is 3.75. The smallest absolute Gasteiger partial charge is 0.221 e. The van der Waals surface area contributed by atoms with Crippen LogP contribution in [0, 0.1) is 0 Å². The normalized spacial score (nSPS) is 10.4. The quantitative estimate of drug-likeness (QED) is 0.772. The first-order chi connectivity index (χ1) is 9.75. The molecule has 2 heterocycles. The van der Waals surface area contributed by atoms with Crippen LogP contribution in [-0.4, -0.2) is 20.9 Å². The highest BCUT2D eigenvalue weighted by Gasteiger charge is 2.09. The Kier molecular flexibility index (Phi) is 3.09. The Labute approximate surface area is 115 Å². The van der Waals surface area contributed by atoms with Gasteiger partial charge in [-0.25, -0.2) is 9.97 Å². The molecular weight excluding hydrogens is 252 g/mol. The zero-order valence-corrected chi connectivity index (χ0v) is 10.9. The molecule has 3 rings (SSSR count). The van der Waals surface area contributed by atoms with Crippen molar-refractivity contribution in [2.75, 3.05) is 5.32 Å². The van der Waals surface area contributed by atoms with E-state index in [9.17, 15) is 4.79 Å². The van der Waals surface area contributed by atoms with E-state index in [1.165, 1.54) is 13.3 Å². The molecule has 1 amide bonds. The monoisotopic (exact) mass is 264 g/mol. The van der Waals surface area contributed by atoms with Gasteiger partial charge >= 0.3 is 0 Å². The fourth-order valence-corrected chi connectivity index (χ4v) is 2.15. The van der Waals surface area contributed by atoms with Gasteiger partial charge in [-0.2, -0.15) is 0 Å². The van der Waals surface area contributed by atoms with E-state index in [-0.39, 0.29) is 5.91 Å². The van der Waals surface area contributed by atoms with Crippen LogP contribution in [0.2, 0.25) is 0 Å². The summed E-state index contributed by atoms with van der Waals surface area (Å²) in [5.41, 5.74) is 3.36. The van der Waals surface area contributed by atoms with Crippen LogP contribution in [0.1, 0.15) is 6.92 Å². The van der Waals surface area contributed by atoms with Gasteiger partial charge in [0.05, 0.1) is 11.2 Å². The average molecular weight is 264 g/mol. The molecule has 3 aromatic rings. The molecule has 20 heavy (non-hydrogen) atoms. The molecule has 0 bridgehead atoms. The maximum Gasteiger partial charge on any atom is 0.221 e. The van der Waals surface area contributed by atoms with Crippen molar-refractivity contribution in [2.45, 2.75) is 6.92 Å². The first-order valence-electron chi connectivity index (χ1n) is 6.16. The van der Waals surface area contributed by atoms with E-state index in [4.69, 9.17) is 0 Å². The van der Waals surface area contributed by atoms with E-state index in [1.54, 1.807) is 18.6 Å². The molecule has 5 heteroatoms. The maximum atomic E-state index is 11.3. The number of benzene rings is 1. The van der Waals surface area contributed by atoms with Crippen LogP contribution in [0.5, 0.6) is 0 Å². The van der Waals surface area contributed by atoms with Crippen LogP contribution in [0.15, 0.2) is 49.2 Å². The summed E-state index contributed by atoms with van der Waals surface area (Å²) >= 11 is 0. The predicted octanol–water partition coefficient (Wildman–Crippen LogP) is 2.65. The summed E-state index contributed by atoms with van der Waals surface area (Å²) in [6.07, 6.45) is 6.72. The van der Waals surface area contributed by atoms with Crippen LogP contribution >= 0.6 is 0 Å². The molecule has 0 saturated heterocycles. The molecule has 1 aromatic carbocycles. The summed E-state index contributed by atoms with van der Waals surface area (Å²) < 4.78 is 0. The van der Waals surface area contributed by atoms with E-state index in [0.29, 0.717) is 5.69 Å². The first kappa shape index (κ1) is 12.2. The Morgan fingerprint density at radius 1 is 1.15 bits per heavy atom. The van der Waals surface area contributed by atoms with Crippen molar-refractivity contribution in [3.63, 3.8) is 0 Å². The lowest BCUT2D eigenvalue weighted by Gasteiger charge is -2.10. The SMILES string of the molecule is CC(=O)Nc1ccc(-c2cncnc2)c2cccnc12. The third-order valence-corrected chi connectivity index (χ3v) is 2.95. The zero-order valence-electron chi connectivity index (χ0n) is 10.9. The number of carbonyl (C=O) groups excluding carboxylic acids is 1. The zero-order chi connectivity index (χ0) is 13.9. The predicted molar refractivity (Wildman–Crippen MR) is 77.1 cm³/mol. The Morgan fingerprint density at radius 2 is 1.95 bits per heavy atom. The second-order valence-electron chi connectivity index (χ2n) is 4.37. The number of rotatable bonds is 2. The highest BCUT2D eigenvalue weighted by molar-refractivity contribution is 6.05. The second-order valence-corrected chi connectivity index (χ2v) is 4.37. The molecule has 0 unspecified atom stereocenters. The number of anilines is 1. The molecule has 1 N–H and O–H groups in total. The number of carbonyl (C=O) groups is 1. The standard InChI is InChI=1S/C15H12N4O/c1-10(20)19-14-5-4-12(11-7-16-9-17-8-11)13-3-2-6-18-15(13)14/h2-9H,1H3,(H,19,20). The minimum atomic E-state index is -0.118. The molecule has 0 saturated carbocycles. The van der Waals surface area contributed by atoms with Crippen molar-refractivity contribution in [1.29, 1.82) is 0 Å². The molecule has 0 spiro atoms. The Balaban J connectivity index is 2.24. The van der Waals surface area contributed by atoms with Gasteiger partial charge in [0, 0.05) is 36.5 Å². The lowest BCUT2D eigenvalue weighted by atomic mass is 10.0. The number of hydrogen-bond acceptors (Lipinski definition) is 4. The number of nitrogens with one attached hydrogen (secondary N) is 1. The number of amides is 1. The molecule has 98 valence electrons. The minimum Gasteiger partial charge on any atom is -0.324 e. The molecule has 0 fully saturated rings. The molecule has 0 aliphatic heterocycles. The van der Waals surface area contributed by atoms with Gasteiger partial charge in [0.15, 0.2) is 0 Å². The van der Waals surface area contributed by atoms with Crippen LogP contribution in [-0.2, 0) is 4.79 Å². The molecule has 0 radical (unpaired) electrons. The summed E-state index contributed by atoms with van der Waals surface area (Å²) in [5.74, 6) is -0.118. The van der Waals surface area contributed by atoms with Crippen LogP contribution in [0.4, 0.5) is 5.69 Å². The number of nitrogens with zero attached hydrogens (tertiary/aromatic N) is 3. The fraction of sp³-hybridized carbons (Fsp3) is 0.0667. The third kappa shape index (κ3) is 2.21. The largest absolute Gasteiger partial charge is 0.324 e. The summed E-state index contributed by atoms with van der Waals surface area (Å²) in [7, 11) is 0. The van der Waals surface area contributed by atoms with E-state index < -0.39 is 0 Å². The Hall–Kier alpha value is -2.82. The van der Waals surface area contributed by atoms with Gasteiger partial charge in [-0.1, -0.05) is 12.1 Å². The van der Waals surface area contributed by atoms with Crippen LogP contribution in [0.3, 0.4) is 0 Å². The van der Waals surface area contributed by atoms with Crippen molar-refractivity contribution >= 4 is 22.5 Å². The molecule has 0 aliphatic rings. The van der Waals surface area contributed by atoms with Crippen LogP contribution < -0.4 is 5.32 Å². The minimum absolute atomic E-state index is 0.118. The van der Waals surface area contributed by atoms with E-state index in [1.807, 2.05) is 24.3 Å². The molecule has 2 aromatic heterocycles. The third-order valence-electron chi connectivity index (χ3n) is 2.95. The van der Waals surface area contributed by atoms with Crippen LogP contribution in [0.25, 0.3) is 22.0 Å². The maximum absolute atomic E-state index is 11.3. The van der Waals surface area contributed by atoms with E-state index >= 15 is 0 Å². The van der Waals surface area contributed by atoms with Crippen molar-refractivity contribution in [3.05, 3.63) is 49.2 Å². The highest BCUT2D eigenvalue weighted by atomic mass is 16.1. The second kappa shape index (κ2) is 5.05.